The molecule has 0 radical (unpaired) electrons. The molecule has 1 heterocycles. The molecule has 0 unspecified atom stereocenters. The van der Waals surface area contributed by atoms with E-state index in [1.54, 1.807) is 18.3 Å². The molecule has 0 amide bonds. The number of nitriles is 1. The van der Waals surface area contributed by atoms with Crippen LogP contribution in [0.3, 0.4) is 0 Å². The first-order chi connectivity index (χ1) is 5.77. The summed E-state index contributed by atoms with van der Waals surface area (Å²) in [6.07, 6.45) is 3.24. The van der Waals surface area contributed by atoms with Crippen LogP contribution in [0.4, 0.5) is 0 Å². The Kier molecular flexibility index (Phi) is 2.44. The van der Waals surface area contributed by atoms with Crippen molar-refractivity contribution in [3.63, 3.8) is 0 Å². The van der Waals surface area contributed by atoms with Crippen LogP contribution in [-0.2, 0) is 6.54 Å². The predicted molar refractivity (Wildman–Crippen MR) is 46.4 cm³/mol. The number of hydrogen-bond donors (Lipinski definition) is 0. The summed E-state index contributed by atoms with van der Waals surface area (Å²) in [5.74, 6) is 0. The second-order valence-electron chi connectivity index (χ2n) is 2.29. The van der Waals surface area contributed by atoms with E-state index in [0.717, 1.165) is 5.56 Å². The van der Waals surface area contributed by atoms with Crippen LogP contribution in [0.15, 0.2) is 29.7 Å². The van der Waals surface area contributed by atoms with Crippen LogP contribution in [0.25, 0.3) is 6.08 Å². The first kappa shape index (κ1) is 8.28. The number of rotatable bonds is 2. The molecular weight excluding hydrogens is 152 g/mol. The molecule has 0 aliphatic heterocycles. The molecular formula is C9H8N2O. The summed E-state index contributed by atoms with van der Waals surface area (Å²) in [7, 11) is 0. The zero-order valence-electron chi connectivity index (χ0n) is 6.53. The lowest BCUT2D eigenvalue weighted by Crippen LogP contribution is -2.17. The third kappa shape index (κ3) is 1.61. The molecule has 1 aromatic rings. The number of aromatic nitrogens is 1. The Labute approximate surface area is 70.2 Å². The van der Waals surface area contributed by atoms with Gasteiger partial charge in [-0.1, -0.05) is 12.7 Å². The lowest BCUT2D eigenvalue weighted by atomic mass is 10.3. The van der Waals surface area contributed by atoms with E-state index in [1.165, 1.54) is 10.6 Å². The van der Waals surface area contributed by atoms with Crippen molar-refractivity contribution in [2.24, 2.45) is 0 Å². The predicted octanol–water partition coefficient (Wildman–Crippen LogP) is 1.01. The summed E-state index contributed by atoms with van der Waals surface area (Å²) >= 11 is 0. The van der Waals surface area contributed by atoms with E-state index < -0.39 is 0 Å². The van der Waals surface area contributed by atoms with Gasteiger partial charge in [-0.25, -0.2) is 0 Å². The maximum atomic E-state index is 11.1. The maximum Gasteiger partial charge on any atom is 0.251 e. The topological polar surface area (TPSA) is 45.8 Å². The van der Waals surface area contributed by atoms with Crippen LogP contribution >= 0.6 is 0 Å². The Hall–Kier alpha value is -1.82. The van der Waals surface area contributed by atoms with Crippen LogP contribution in [0, 0.1) is 11.3 Å². The Balaban J connectivity index is 3.18. The highest BCUT2D eigenvalue weighted by molar-refractivity contribution is 5.44. The largest absolute Gasteiger partial charge is 0.301 e. The van der Waals surface area contributed by atoms with Crippen molar-refractivity contribution in [1.82, 2.24) is 4.57 Å². The van der Waals surface area contributed by atoms with Gasteiger partial charge in [0.2, 0.25) is 0 Å². The summed E-state index contributed by atoms with van der Waals surface area (Å²) < 4.78 is 1.34. The number of pyridine rings is 1. The molecule has 0 spiro atoms. The van der Waals surface area contributed by atoms with Gasteiger partial charge in [-0.15, -0.1) is 0 Å². The molecule has 0 bridgehead atoms. The van der Waals surface area contributed by atoms with Crippen molar-refractivity contribution in [2.75, 3.05) is 0 Å². The first-order valence-electron chi connectivity index (χ1n) is 3.48. The van der Waals surface area contributed by atoms with Crippen molar-refractivity contribution < 1.29 is 0 Å². The Bertz CT molecular complexity index is 384. The molecule has 0 aromatic carbocycles. The Morgan fingerprint density at radius 1 is 1.67 bits per heavy atom. The summed E-state index contributed by atoms with van der Waals surface area (Å²) in [6, 6.07) is 5.00. The molecule has 0 fully saturated rings. The summed E-state index contributed by atoms with van der Waals surface area (Å²) in [5.41, 5.74) is 0.673. The monoisotopic (exact) mass is 160 g/mol. The average molecular weight is 160 g/mol. The van der Waals surface area contributed by atoms with Crippen molar-refractivity contribution in [1.29, 1.82) is 5.26 Å². The highest BCUT2D eigenvalue weighted by Gasteiger charge is 1.93. The molecule has 60 valence electrons. The van der Waals surface area contributed by atoms with Gasteiger partial charge in [-0.3, -0.25) is 4.79 Å². The molecule has 1 aromatic heterocycles. The van der Waals surface area contributed by atoms with Gasteiger partial charge >= 0.3 is 0 Å². The fourth-order valence-electron chi connectivity index (χ4n) is 0.870. The Morgan fingerprint density at radius 3 is 3.00 bits per heavy atom. The van der Waals surface area contributed by atoms with Crippen LogP contribution in [0.5, 0.6) is 0 Å². The minimum atomic E-state index is -0.165. The first-order valence-corrected chi connectivity index (χ1v) is 3.48. The van der Waals surface area contributed by atoms with Crippen molar-refractivity contribution in [3.8, 4) is 6.07 Å². The summed E-state index contributed by atoms with van der Waals surface area (Å²) in [4.78, 5) is 11.1. The van der Waals surface area contributed by atoms with Gasteiger partial charge in [0.05, 0.1) is 6.07 Å². The molecule has 3 nitrogen and oxygen atoms in total. The molecule has 1 rings (SSSR count). The van der Waals surface area contributed by atoms with Gasteiger partial charge in [0.1, 0.15) is 6.54 Å². The van der Waals surface area contributed by atoms with E-state index in [4.69, 9.17) is 5.26 Å². The maximum absolute atomic E-state index is 11.1. The Morgan fingerprint density at radius 2 is 2.42 bits per heavy atom. The van der Waals surface area contributed by atoms with Gasteiger partial charge in [0.25, 0.3) is 5.56 Å². The molecule has 0 saturated heterocycles. The van der Waals surface area contributed by atoms with E-state index in [1.807, 2.05) is 6.07 Å². The normalized spacial score (nSPS) is 8.92. The van der Waals surface area contributed by atoms with Crippen LogP contribution in [0.2, 0.25) is 0 Å². The van der Waals surface area contributed by atoms with Gasteiger partial charge in [0.15, 0.2) is 0 Å². The van der Waals surface area contributed by atoms with Gasteiger partial charge < -0.3 is 4.57 Å². The third-order valence-corrected chi connectivity index (χ3v) is 1.48. The van der Waals surface area contributed by atoms with E-state index in [0.29, 0.717) is 0 Å². The van der Waals surface area contributed by atoms with Crippen molar-refractivity contribution in [2.45, 2.75) is 6.54 Å². The SMILES string of the molecule is C=Cc1ccc(=O)n(CC#N)c1. The fourth-order valence-corrected chi connectivity index (χ4v) is 0.870. The fraction of sp³-hybridized carbons (Fsp3) is 0.111. The minimum Gasteiger partial charge on any atom is -0.301 e. The highest BCUT2D eigenvalue weighted by atomic mass is 16.1. The van der Waals surface area contributed by atoms with Crippen molar-refractivity contribution >= 4 is 6.08 Å². The van der Waals surface area contributed by atoms with Gasteiger partial charge in [-0.2, -0.15) is 5.26 Å². The van der Waals surface area contributed by atoms with Gasteiger partial charge in [0, 0.05) is 12.3 Å². The zero-order chi connectivity index (χ0) is 8.97. The second-order valence-corrected chi connectivity index (χ2v) is 2.29. The van der Waals surface area contributed by atoms with Crippen LogP contribution in [0.1, 0.15) is 5.56 Å². The summed E-state index contributed by atoms with van der Waals surface area (Å²) in [5, 5.41) is 8.37. The van der Waals surface area contributed by atoms with E-state index in [2.05, 4.69) is 6.58 Å². The standard InChI is InChI=1S/C9H8N2O/c1-2-8-3-4-9(12)11(7-8)6-5-10/h2-4,7H,1,6H2. The van der Waals surface area contributed by atoms with Crippen LogP contribution < -0.4 is 5.56 Å². The number of hydrogen-bond acceptors (Lipinski definition) is 2. The molecule has 0 saturated carbocycles. The number of nitrogens with zero attached hydrogens (tertiary/aromatic N) is 2. The minimum absolute atomic E-state index is 0.0838. The molecule has 12 heavy (non-hydrogen) atoms. The second kappa shape index (κ2) is 3.54. The average Bonchev–Trinajstić information content (AvgIpc) is 2.09. The smallest absolute Gasteiger partial charge is 0.251 e. The quantitative estimate of drug-likeness (QED) is 0.648. The third-order valence-electron chi connectivity index (χ3n) is 1.48. The van der Waals surface area contributed by atoms with Crippen molar-refractivity contribution in [3.05, 3.63) is 40.8 Å². The molecule has 0 atom stereocenters. The van der Waals surface area contributed by atoms with E-state index in [9.17, 15) is 4.79 Å². The van der Waals surface area contributed by atoms with Crippen LogP contribution in [-0.4, -0.2) is 4.57 Å². The summed E-state index contributed by atoms with van der Waals surface area (Å²) in [6.45, 7) is 3.65. The highest BCUT2D eigenvalue weighted by Crippen LogP contribution is 1.96. The molecule has 0 aliphatic carbocycles. The molecule has 0 N–H and O–H groups in total. The lowest BCUT2D eigenvalue weighted by molar-refractivity contribution is 0.787. The molecule has 0 aliphatic rings. The lowest BCUT2D eigenvalue weighted by Gasteiger charge is -1.99. The van der Waals surface area contributed by atoms with E-state index >= 15 is 0 Å². The van der Waals surface area contributed by atoms with E-state index in [-0.39, 0.29) is 12.1 Å². The molecule has 3 heteroatoms. The van der Waals surface area contributed by atoms with Gasteiger partial charge in [-0.05, 0) is 11.6 Å². The zero-order valence-corrected chi connectivity index (χ0v) is 6.53.